The van der Waals surface area contributed by atoms with Gasteiger partial charge in [0, 0.05) is 24.0 Å². The molecule has 2 heteroatoms. The third-order valence-corrected chi connectivity index (χ3v) is 4.78. The van der Waals surface area contributed by atoms with Crippen molar-refractivity contribution in [2.75, 3.05) is 6.54 Å². The Labute approximate surface area is 129 Å². The van der Waals surface area contributed by atoms with Gasteiger partial charge < -0.3 is 4.90 Å². The Hall–Kier alpha value is -2.61. The number of aliphatic imine (C=N–C) groups is 1. The first-order valence-corrected chi connectivity index (χ1v) is 7.83. The molecule has 0 fully saturated rings. The largest absolute Gasteiger partial charge is 0.351 e. The van der Waals surface area contributed by atoms with Gasteiger partial charge in [0.1, 0.15) is 5.84 Å². The van der Waals surface area contributed by atoms with Gasteiger partial charge in [0.05, 0.1) is 5.69 Å². The summed E-state index contributed by atoms with van der Waals surface area (Å²) in [5.41, 5.74) is 5.31. The zero-order valence-corrected chi connectivity index (χ0v) is 12.3. The van der Waals surface area contributed by atoms with Crippen molar-refractivity contribution in [2.45, 2.75) is 13.0 Å². The molecular weight excluding hydrogens is 268 g/mol. The summed E-state index contributed by atoms with van der Waals surface area (Å²) in [6.07, 6.45) is 1.10. The summed E-state index contributed by atoms with van der Waals surface area (Å²) in [4.78, 5) is 7.36. The minimum Gasteiger partial charge on any atom is -0.351 e. The van der Waals surface area contributed by atoms with Crippen LogP contribution in [0.25, 0.3) is 10.8 Å². The van der Waals surface area contributed by atoms with Gasteiger partial charge in [-0.25, -0.2) is 4.99 Å². The van der Waals surface area contributed by atoms with Gasteiger partial charge in [-0.1, -0.05) is 54.6 Å². The zero-order chi connectivity index (χ0) is 14.5. The van der Waals surface area contributed by atoms with Crippen molar-refractivity contribution in [1.29, 1.82) is 0 Å². The van der Waals surface area contributed by atoms with Gasteiger partial charge in [0.2, 0.25) is 0 Å². The fourth-order valence-electron chi connectivity index (χ4n) is 3.69. The van der Waals surface area contributed by atoms with Gasteiger partial charge in [-0.3, -0.25) is 0 Å². The Morgan fingerprint density at radius 1 is 0.818 bits per heavy atom. The summed E-state index contributed by atoms with van der Waals surface area (Å²) in [5.74, 6) is 1.14. The van der Waals surface area contributed by atoms with E-state index in [9.17, 15) is 0 Å². The van der Waals surface area contributed by atoms with Gasteiger partial charge in [-0.05, 0) is 29.0 Å². The lowest BCUT2D eigenvalue weighted by molar-refractivity contribution is 0.395. The highest BCUT2D eigenvalue weighted by molar-refractivity contribution is 6.18. The number of fused-ring (bicyclic) bond motifs is 1. The highest BCUT2D eigenvalue weighted by Crippen LogP contribution is 2.37. The average Bonchev–Trinajstić information content (AvgIpc) is 2.96. The molecule has 0 N–H and O–H groups in total. The topological polar surface area (TPSA) is 15.6 Å². The van der Waals surface area contributed by atoms with Crippen molar-refractivity contribution in [3.63, 3.8) is 0 Å². The van der Waals surface area contributed by atoms with E-state index in [1.165, 1.54) is 27.5 Å². The van der Waals surface area contributed by atoms with Crippen LogP contribution in [0.1, 0.15) is 16.7 Å². The van der Waals surface area contributed by atoms with Crippen LogP contribution in [-0.4, -0.2) is 17.3 Å². The third kappa shape index (κ3) is 1.64. The van der Waals surface area contributed by atoms with Gasteiger partial charge in [0.25, 0.3) is 0 Å². The lowest BCUT2D eigenvalue weighted by Gasteiger charge is -2.30. The second kappa shape index (κ2) is 4.44. The molecule has 0 saturated carbocycles. The molecule has 0 atom stereocenters. The van der Waals surface area contributed by atoms with Crippen molar-refractivity contribution in [3.05, 3.63) is 77.4 Å². The molecule has 0 aromatic heterocycles. The maximum absolute atomic E-state index is 4.94. The Morgan fingerprint density at radius 3 is 2.55 bits per heavy atom. The first-order valence-electron chi connectivity index (χ1n) is 7.83. The molecule has 0 spiro atoms. The fraction of sp³-hybridized carbons (Fsp3) is 0.150. The highest BCUT2D eigenvalue weighted by Gasteiger charge is 2.25. The minimum atomic E-state index is 0.958. The zero-order valence-electron chi connectivity index (χ0n) is 12.3. The molecule has 0 aliphatic carbocycles. The Kier molecular flexibility index (Phi) is 2.42. The predicted octanol–water partition coefficient (Wildman–Crippen LogP) is 4.29. The van der Waals surface area contributed by atoms with E-state index in [0.29, 0.717) is 0 Å². The molecule has 0 saturated heterocycles. The third-order valence-electron chi connectivity index (χ3n) is 4.78. The lowest BCUT2D eigenvalue weighted by Crippen LogP contribution is -2.35. The maximum Gasteiger partial charge on any atom is 0.137 e. The molecule has 3 aromatic rings. The van der Waals surface area contributed by atoms with E-state index in [0.717, 1.165) is 31.0 Å². The van der Waals surface area contributed by atoms with Crippen LogP contribution in [0.2, 0.25) is 0 Å². The van der Waals surface area contributed by atoms with E-state index in [-0.39, 0.29) is 0 Å². The Balaban J connectivity index is 1.60. The summed E-state index contributed by atoms with van der Waals surface area (Å²) < 4.78 is 0. The number of rotatable bonds is 0. The summed E-state index contributed by atoms with van der Waals surface area (Å²) in [7, 11) is 0. The summed E-state index contributed by atoms with van der Waals surface area (Å²) in [6, 6.07) is 21.7. The maximum atomic E-state index is 4.94. The van der Waals surface area contributed by atoms with E-state index in [2.05, 4.69) is 65.6 Å². The van der Waals surface area contributed by atoms with Gasteiger partial charge in [-0.2, -0.15) is 0 Å². The van der Waals surface area contributed by atoms with E-state index in [4.69, 9.17) is 4.99 Å². The first-order chi connectivity index (χ1) is 10.9. The molecule has 5 rings (SSSR count). The first kappa shape index (κ1) is 12.0. The monoisotopic (exact) mass is 284 g/mol. The van der Waals surface area contributed by atoms with Gasteiger partial charge in [-0.15, -0.1) is 0 Å². The van der Waals surface area contributed by atoms with Crippen LogP contribution in [0.4, 0.5) is 5.69 Å². The SMILES string of the molecule is c1ccc2c(c1)CCN(C1=Nc3cccc4cccc1c34)C2. The van der Waals surface area contributed by atoms with Crippen LogP contribution in [0, 0.1) is 0 Å². The molecule has 2 heterocycles. The molecule has 0 bridgehead atoms. The summed E-state index contributed by atoms with van der Waals surface area (Å²) >= 11 is 0. The minimum absolute atomic E-state index is 0.958. The molecule has 0 amide bonds. The van der Waals surface area contributed by atoms with Crippen LogP contribution in [0.3, 0.4) is 0 Å². The van der Waals surface area contributed by atoms with E-state index in [1.54, 1.807) is 0 Å². The van der Waals surface area contributed by atoms with Crippen molar-refractivity contribution in [1.82, 2.24) is 4.90 Å². The molecule has 2 nitrogen and oxygen atoms in total. The average molecular weight is 284 g/mol. The van der Waals surface area contributed by atoms with Gasteiger partial charge in [0.15, 0.2) is 0 Å². The van der Waals surface area contributed by atoms with Crippen LogP contribution in [0.15, 0.2) is 65.7 Å². The number of nitrogens with zero attached hydrogens (tertiary/aromatic N) is 2. The van der Waals surface area contributed by atoms with Crippen molar-refractivity contribution < 1.29 is 0 Å². The molecule has 2 aliphatic rings. The highest BCUT2D eigenvalue weighted by atomic mass is 15.2. The molecular formula is C20H16N2. The number of hydrogen-bond donors (Lipinski definition) is 0. The summed E-state index contributed by atoms with van der Waals surface area (Å²) in [6.45, 7) is 2.00. The molecule has 3 aromatic carbocycles. The van der Waals surface area contributed by atoms with E-state index >= 15 is 0 Å². The number of hydrogen-bond acceptors (Lipinski definition) is 2. The quantitative estimate of drug-likeness (QED) is 0.601. The second-order valence-electron chi connectivity index (χ2n) is 6.06. The smallest absolute Gasteiger partial charge is 0.137 e. The van der Waals surface area contributed by atoms with Crippen molar-refractivity contribution in [3.8, 4) is 0 Å². The van der Waals surface area contributed by atoms with Crippen LogP contribution in [0.5, 0.6) is 0 Å². The van der Waals surface area contributed by atoms with Crippen molar-refractivity contribution in [2.24, 2.45) is 4.99 Å². The van der Waals surface area contributed by atoms with Gasteiger partial charge >= 0.3 is 0 Å². The fourth-order valence-corrected chi connectivity index (χ4v) is 3.69. The Morgan fingerprint density at radius 2 is 1.64 bits per heavy atom. The molecule has 0 unspecified atom stereocenters. The molecule has 2 aliphatic heterocycles. The number of benzene rings is 3. The molecule has 22 heavy (non-hydrogen) atoms. The Bertz CT molecular complexity index is 919. The van der Waals surface area contributed by atoms with Crippen LogP contribution >= 0.6 is 0 Å². The number of amidine groups is 1. The standard InChI is InChI=1S/C20H16N2/c1-2-6-16-13-22(12-11-14(16)5-1)20-17-9-3-7-15-8-4-10-18(21-20)19(15)17/h1-10H,11-13H2. The predicted molar refractivity (Wildman–Crippen MR) is 90.7 cm³/mol. The van der Waals surface area contributed by atoms with Crippen LogP contribution < -0.4 is 0 Å². The molecule has 0 radical (unpaired) electrons. The van der Waals surface area contributed by atoms with E-state index in [1.807, 2.05) is 0 Å². The lowest BCUT2D eigenvalue weighted by atomic mass is 9.98. The second-order valence-corrected chi connectivity index (χ2v) is 6.06. The molecule has 106 valence electrons. The van der Waals surface area contributed by atoms with E-state index < -0.39 is 0 Å². The van der Waals surface area contributed by atoms with Crippen LogP contribution in [-0.2, 0) is 13.0 Å². The normalized spacial score (nSPS) is 15.8. The summed E-state index contributed by atoms with van der Waals surface area (Å²) in [5, 5.41) is 2.59. The van der Waals surface area contributed by atoms with Crippen molar-refractivity contribution >= 4 is 22.3 Å².